The maximum absolute atomic E-state index is 6.08. The van der Waals surface area contributed by atoms with Crippen LogP contribution >= 0.6 is 39.1 Å². The Morgan fingerprint density at radius 2 is 1.93 bits per heavy atom. The molecule has 0 aliphatic heterocycles. The zero-order chi connectivity index (χ0) is 10.8. The smallest absolute Gasteiger partial charge is 0.117 e. The van der Waals surface area contributed by atoms with E-state index in [-0.39, 0.29) is 0 Å². The number of hydrogen-bond acceptors (Lipinski definition) is 2. The standard InChI is InChI=1S/C10H5BrCl2N2/c11-10-8(4-14-5-15-10)7-2-1-6(12)3-9(7)13/h1-5H. The highest BCUT2D eigenvalue weighted by Crippen LogP contribution is 2.33. The molecule has 2 aromatic rings. The number of rotatable bonds is 1. The first-order valence-corrected chi connectivity index (χ1v) is 5.64. The highest BCUT2D eigenvalue weighted by Gasteiger charge is 2.08. The van der Waals surface area contributed by atoms with Gasteiger partial charge in [-0.15, -0.1) is 0 Å². The molecule has 76 valence electrons. The van der Waals surface area contributed by atoms with Gasteiger partial charge in [-0.05, 0) is 28.1 Å². The van der Waals surface area contributed by atoms with Crippen molar-refractivity contribution in [2.24, 2.45) is 0 Å². The van der Waals surface area contributed by atoms with E-state index >= 15 is 0 Å². The van der Waals surface area contributed by atoms with Crippen LogP contribution in [0.3, 0.4) is 0 Å². The lowest BCUT2D eigenvalue weighted by Crippen LogP contribution is -1.86. The molecule has 0 N–H and O–H groups in total. The summed E-state index contributed by atoms with van der Waals surface area (Å²) in [7, 11) is 0. The van der Waals surface area contributed by atoms with E-state index in [4.69, 9.17) is 23.2 Å². The summed E-state index contributed by atoms with van der Waals surface area (Å²) in [5.41, 5.74) is 1.70. The van der Waals surface area contributed by atoms with Gasteiger partial charge in [0.25, 0.3) is 0 Å². The van der Waals surface area contributed by atoms with E-state index in [9.17, 15) is 0 Å². The summed E-state index contributed by atoms with van der Waals surface area (Å²) >= 11 is 15.2. The highest BCUT2D eigenvalue weighted by atomic mass is 79.9. The highest BCUT2D eigenvalue weighted by molar-refractivity contribution is 9.10. The molecule has 0 aliphatic carbocycles. The SMILES string of the molecule is Clc1ccc(-c2cncnc2Br)c(Cl)c1. The monoisotopic (exact) mass is 302 g/mol. The molecule has 2 rings (SSSR count). The Balaban J connectivity index is 2.60. The Kier molecular flexibility index (Phi) is 3.24. The fraction of sp³-hybridized carbons (Fsp3) is 0. The lowest BCUT2D eigenvalue weighted by atomic mass is 10.1. The summed E-state index contributed by atoms with van der Waals surface area (Å²) < 4.78 is 0.710. The minimum absolute atomic E-state index is 0.581. The maximum Gasteiger partial charge on any atom is 0.117 e. The molecule has 0 aliphatic rings. The molecule has 0 unspecified atom stereocenters. The van der Waals surface area contributed by atoms with Crippen LogP contribution in [0.5, 0.6) is 0 Å². The lowest BCUT2D eigenvalue weighted by Gasteiger charge is -2.05. The minimum atomic E-state index is 0.581. The predicted molar refractivity (Wildman–Crippen MR) is 65.2 cm³/mol. The van der Waals surface area contributed by atoms with E-state index < -0.39 is 0 Å². The third-order valence-electron chi connectivity index (χ3n) is 1.88. The van der Waals surface area contributed by atoms with Crippen LogP contribution in [0.2, 0.25) is 10.0 Å². The van der Waals surface area contributed by atoms with Crippen molar-refractivity contribution in [1.29, 1.82) is 0 Å². The average molecular weight is 304 g/mol. The van der Waals surface area contributed by atoms with Gasteiger partial charge in [-0.2, -0.15) is 0 Å². The Morgan fingerprint density at radius 3 is 2.60 bits per heavy atom. The van der Waals surface area contributed by atoms with Crippen LogP contribution in [0, 0.1) is 0 Å². The molecule has 0 atom stereocenters. The molecular weight excluding hydrogens is 299 g/mol. The second-order valence-electron chi connectivity index (χ2n) is 2.85. The zero-order valence-corrected chi connectivity index (χ0v) is 10.5. The summed E-state index contributed by atoms with van der Waals surface area (Å²) in [6.45, 7) is 0. The fourth-order valence-electron chi connectivity index (χ4n) is 1.20. The molecule has 5 heteroatoms. The molecule has 15 heavy (non-hydrogen) atoms. The van der Waals surface area contributed by atoms with Gasteiger partial charge in [-0.1, -0.05) is 29.3 Å². The van der Waals surface area contributed by atoms with Crippen molar-refractivity contribution in [1.82, 2.24) is 9.97 Å². The van der Waals surface area contributed by atoms with Crippen molar-refractivity contribution in [2.45, 2.75) is 0 Å². The van der Waals surface area contributed by atoms with Gasteiger partial charge in [0.2, 0.25) is 0 Å². The molecule has 0 amide bonds. The second-order valence-corrected chi connectivity index (χ2v) is 4.45. The number of benzene rings is 1. The Morgan fingerprint density at radius 1 is 1.13 bits per heavy atom. The van der Waals surface area contributed by atoms with Gasteiger partial charge in [-0.3, -0.25) is 0 Å². The molecule has 0 bridgehead atoms. The van der Waals surface area contributed by atoms with Crippen LogP contribution in [0.25, 0.3) is 11.1 Å². The maximum atomic E-state index is 6.08. The molecule has 0 spiro atoms. The molecule has 0 saturated carbocycles. The fourth-order valence-corrected chi connectivity index (χ4v) is 2.12. The first-order chi connectivity index (χ1) is 7.18. The summed E-state index contributed by atoms with van der Waals surface area (Å²) in [6.07, 6.45) is 3.17. The van der Waals surface area contributed by atoms with Gasteiger partial charge < -0.3 is 0 Å². The van der Waals surface area contributed by atoms with Crippen molar-refractivity contribution in [3.8, 4) is 11.1 Å². The Labute approximate surface area is 105 Å². The Hall–Kier alpha value is -0.640. The van der Waals surface area contributed by atoms with Crippen LogP contribution in [0.4, 0.5) is 0 Å². The van der Waals surface area contributed by atoms with Gasteiger partial charge >= 0.3 is 0 Å². The van der Waals surface area contributed by atoms with Crippen molar-refractivity contribution in [3.63, 3.8) is 0 Å². The van der Waals surface area contributed by atoms with E-state index in [1.165, 1.54) is 6.33 Å². The van der Waals surface area contributed by atoms with Crippen LogP contribution in [-0.2, 0) is 0 Å². The quantitative estimate of drug-likeness (QED) is 0.737. The van der Waals surface area contributed by atoms with E-state index in [2.05, 4.69) is 25.9 Å². The number of aromatic nitrogens is 2. The largest absolute Gasteiger partial charge is 0.244 e. The molecular formula is C10H5BrCl2N2. The van der Waals surface area contributed by atoms with Gasteiger partial charge in [0.05, 0.1) is 5.02 Å². The van der Waals surface area contributed by atoms with Gasteiger partial charge in [0, 0.05) is 22.3 Å². The van der Waals surface area contributed by atoms with Crippen LogP contribution in [0.15, 0.2) is 35.3 Å². The van der Waals surface area contributed by atoms with E-state index in [1.807, 2.05) is 6.07 Å². The molecule has 0 radical (unpaired) electrons. The van der Waals surface area contributed by atoms with E-state index in [0.717, 1.165) is 11.1 Å². The molecule has 1 aromatic carbocycles. The Bertz CT molecular complexity index is 503. The van der Waals surface area contributed by atoms with Gasteiger partial charge in [0.1, 0.15) is 10.9 Å². The van der Waals surface area contributed by atoms with Crippen LogP contribution < -0.4 is 0 Å². The summed E-state index contributed by atoms with van der Waals surface area (Å²) in [6, 6.07) is 5.31. The normalized spacial score (nSPS) is 10.3. The lowest BCUT2D eigenvalue weighted by molar-refractivity contribution is 1.14. The second kappa shape index (κ2) is 4.47. The van der Waals surface area contributed by atoms with Crippen molar-refractivity contribution < 1.29 is 0 Å². The van der Waals surface area contributed by atoms with Crippen molar-refractivity contribution in [3.05, 3.63) is 45.4 Å². The van der Waals surface area contributed by atoms with E-state index in [0.29, 0.717) is 14.6 Å². The third kappa shape index (κ3) is 2.30. The van der Waals surface area contributed by atoms with Crippen LogP contribution in [-0.4, -0.2) is 9.97 Å². The van der Waals surface area contributed by atoms with Crippen LogP contribution in [0.1, 0.15) is 0 Å². The number of halogens is 3. The molecule has 0 saturated heterocycles. The molecule has 1 aromatic heterocycles. The van der Waals surface area contributed by atoms with Gasteiger partial charge in [-0.25, -0.2) is 9.97 Å². The average Bonchev–Trinajstić information content (AvgIpc) is 2.20. The third-order valence-corrected chi connectivity index (χ3v) is 3.06. The van der Waals surface area contributed by atoms with Gasteiger partial charge in [0.15, 0.2) is 0 Å². The van der Waals surface area contributed by atoms with Crippen molar-refractivity contribution >= 4 is 39.1 Å². The summed E-state index contributed by atoms with van der Waals surface area (Å²) in [5, 5.41) is 1.19. The minimum Gasteiger partial charge on any atom is -0.244 e. The first-order valence-electron chi connectivity index (χ1n) is 4.09. The zero-order valence-electron chi connectivity index (χ0n) is 7.42. The first kappa shape index (κ1) is 10.9. The van der Waals surface area contributed by atoms with Crippen molar-refractivity contribution in [2.75, 3.05) is 0 Å². The van der Waals surface area contributed by atoms with E-state index in [1.54, 1.807) is 18.3 Å². The summed E-state index contributed by atoms with van der Waals surface area (Å²) in [5.74, 6) is 0. The molecule has 0 fully saturated rings. The molecule has 1 heterocycles. The summed E-state index contributed by atoms with van der Waals surface area (Å²) in [4.78, 5) is 7.99. The molecule has 2 nitrogen and oxygen atoms in total. The number of nitrogens with zero attached hydrogens (tertiary/aromatic N) is 2. The number of hydrogen-bond donors (Lipinski definition) is 0. The predicted octanol–water partition coefficient (Wildman–Crippen LogP) is 4.21. The topological polar surface area (TPSA) is 25.8 Å².